The van der Waals surface area contributed by atoms with Crippen molar-refractivity contribution in [1.29, 1.82) is 0 Å². The van der Waals surface area contributed by atoms with Crippen molar-refractivity contribution >= 4 is 21.6 Å². The highest BCUT2D eigenvalue weighted by atomic mass is 32.2. The Hall–Kier alpha value is -2.68. The zero-order chi connectivity index (χ0) is 19.3. The minimum absolute atomic E-state index is 0.0696. The molecule has 0 aliphatic rings. The number of ether oxygens (including phenoxy) is 1. The smallest absolute Gasteiger partial charge is 0.241 e. The molecule has 0 unspecified atom stereocenters. The molecule has 0 heterocycles. The molecule has 0 bridgehead atoms. The van der Waals surface area contributed by atoms with Crippen LogP contribution in [-0.2, 0) is 21.4 Å². The molecular formula is C17H18F2N2O4S. The Morgan fingerprint density at radius 1 is 1.12 bits per heavy atom. The van der Waals surface area contributed by atoms with Crippen LogP contribution >= 0.6 is 0 Å². The summed E-state index contributed by atoms with van der Waals surface area (Å²) in [5.74, 6) is -2.32. The number of hydrogen-bond donors (Lipinski definition) is 1. The topological polar surface area (TPSA) is 75.7 Å². The van der Waals surface area contributed by atoms with Crippen molar-refractivity contribution in [2.75, 3.05) is 24.2 Å². The predicted molar refractivity (Wildman–Crippen MR) is 93.4 cm³/mol. The van der Waals surface area contributed by atoms with E-state index in [0.29, 0.717) is 15.6 Å². The predicted octanol–water partition coefficient (Wildman–Crippen LogP) is 2.06. The molecule has 0 aromatic heterocycles. The first-order valence-electron chi connectivity index (χ1n) is 7.54. The summed E-state index contributed by atoms with van der Waals surface area (Å²) in [6.45, 7) is -0.688. The van der Waals surface area contributed by atoms with Gasteiger partial charge < -0.3 is 10.1 Å². The Balaban J connectivity index is 2.18. The number of rotatable bonds is 7. The molecule has 1 amide bonds. The summed E-state index contributed by atoms with van der Waals surface area (Å²) in [5.41, 5.74) is -0.117. The van der Waals surface area contributed by atoms with Gasteiger partial charge >= 0.3 is 0 Å². The van der Waals surface area contributed by atoms with E-state index in [-0.39, 0.29) is 6.54 Å². The van der Waals surface area contributed by atoms with Gasteiger partial charge in [-0.2, -0.15) is 0 Å². The SMILES string of the molecule is COc1ccccc1CNC(=O)CN(c1c(F)cccc1F)S(C)(=O)=O. The first-order valence-corrected chi connectivity index (χ1v) is 9.39. The summed E-state index contributed by atoms with van der Waals surface area (Å²) >= 11 is 0. The number of amides is 1. The van der Waals surface area contributed by atoms with Gasteiger partial charge in [-0.05, 0) is 18.2 Å². The van der Waals surface area contributed by atoms with Gasteiger partial charge in [0, 0.05) is 12.1 Å². The summed E-state index contributed by atoms with van der Waals surface area (Å²) < 4.78 is 57.3. The number of nitrogens with one attached hydrogen (secondary N) is 1. The van der Waals surface area contributed by atoms with Gasteiger partial charge in [-0.1, -0.05) is 24.3 Å². The van der Waals surface area contributed by atoms with Gasteiger partial charge in [0.25, 0.3) is 0 Å². The molecule has 1 N–H and O–H groups in total. The molecule has 0 aliphatic heterocycles. The number of anilines is 1. The number of sulfonamides is 1. The molecule has 0 saturated carbocycles. The van der Waals surface area contributed by atoms with Crippen LogP contribution < -0.4 is 14.4 Å². The van der Waals surface area contributed by atoms with Crippen LogP contribution in [0.4, 0.5) is 14.5 Å². The number of carbonyl (C=O) groups is 1. The lowest BCUT2D eigenvalue weighted by Crippen LogP contribution is -2.41. The summed E-state index contributed by atoms with van der Waals surface area (Å²) in [4.78, 5) is 12.2. The Labute approximate surface area is 150 Å². The number of carbonyl (C=O) groups excluding carboxylic acids is 1. The molecule has 0 radical (unpaired) electrons. The van der Waals surface area contributed by atoms with Crippen molar-refractivity contribution in [1.82, 2.24) is 5.32 Å². The lowest BCUT2D eigenvalue weighted by atomic mass is 10.2. The number of halogens is 2. The molecule has 0 fully saturated rings. The van der Waals surface area contributed by atoms with E-state index in [4.69, 9.17) is 4.74 Å². The zero-order valence-electron chi connectivity index (χ0n) is 14.2. The lowest BCUT2D eigenvalue weighted by Gasteiger charge is -2.22. The first kappa shape index (κ1) is 19.6. The molecule has 26 heavy (non-hydrogen) atoms. The highest BCUT2D eigenvalue weighted by Crippen LogP contribution is 2.25. The van der Waals surface area contributed by atoms with Crippen molar-refractivity contribution in [2.24, 2.45) is 0 Å². The summed E-state index contributed by atoms with van der Waals surface area (Å²) in [6.07, 6.45) is 0.770. The van der Waals surface area contributed by atoms with Crippen molar-refractivity contribution in [3.8, 4) is 5.75 Å². The standard InChI is InChI=1S/C17H18F2N2O4S/c1-25-15-9-4-3-6-12(15)10-20-16(22)11-21(26(2,23)24)17-13(18)7-5-8-14(17)19/h3-9H,10-11H2,1-2H3,(H,20,22). The van der Waals surface area contributed by atoms with Crippen LogP contribution in [0.25, 0.3) is 0 Å². The minimum Gasteiger partial charge on any atom is -0.496 e. The fraction of sp³-hybridized carbons (Fsp3) is 0.235. The van der Waals surface area contributed by atoms with Gasteiger partial charge in [0.05, 0.1) is 13.4 Å². The fourth-order valence-electron chi connectivity index (χ4n) is 2.32. The molecule has 2 rings (SSSR count). The molecular weight excluding hydrogens is 366 g/mol. The minimum atomic E-state index is -4.09. The fourth-order valence-corrected chi connectivity index (χ4v) is 3.18. The maximum absolute atomic E-state index is 13.9. The third-order valence-electron chi connectivity index (χ3n) is 3.54. The largest absolute Gasteiger partial charge is 0.496 e. The molecule has 0 saturated heterocycles. The number of hydrogen-bond acceptors (Lipinski definition) is 4. The van der Waals surface area contributed by atoms with Gasteiger partial charge in [-0.3, -0.25) is 9.10 Å². The van der Waals surface area contributed by atoms with Gasteiger partial charge in [0.1, 0.15) is 18.0 Å². The second-order valence-electron chi connectivity index (χ2n) is 5.43. The third kappa shape index (κ3) is 4.69. The van der Waals surface area contributed by atoms with Crippen molar-refractivity contribution < 1.29 is 26.7 Å². The molecule has 0 atom stereocenters. The second kappa shape index (κ2) is 8.13. The average molecular weight is 384 g/mol. The van der Waals surface area contributed by atoms with E-state index in [9.17, 15) is 22.0 Å². The maximum Gasteiger partial charge on any atom is 0.241 e. The van der Waals surface area contributed by atoms with Crippen molar-refractivity contribution in [3.05, 3.63) is 59.7 Å². The van der Waals surface area contributed by atoms with Gasteiger partial charge in [0.15, 0.2) is 11.6 Å². The number of benzene rings is 2. The van der Waals surface area contributed by atoms with E-state index >= 15 is 0 Å². The number of nitrogens with zero attached hydrogens (tertiary/aromatic N) is 1. The summed E-state index contributed by atoms with van der Waals surface area (Å²) in [5, 5.41) is 2.51. The van der Waals surface area contributed by atoms with E-state index in [0.717, 1.165) is 24.5 Å². The van der Waals surface area contributed by atoms with Crippen LogP contribution in [-0.4, -0.2) is 34.2 Å². The number of para-hydroxylation sites is 2. The molecule has 2 aromatic rings. The Morgan fingerprint density at radius 3 is 2.31 bits per heavy atom. The van der Waals surface area contributed by atoms with Crippen LogP contribution in [0.15, 0.2) is 42.5 Å². The molecule has 9 heteroatoms. The van der Waals surface area contributed by atoms with Crippen LogP contribution in [0.5, 0.6) is 5.75 Å². The van der Waals surface area contributed by atoms with E-state index in [1.54, 1.807) is 24.3 Å². The van der Waals surface area contributed by atoms with E-state index < -0.39 is 39.8 Å². The van der Waals surface area contributed by atoms with Crippen LogP contribution in [0.1, 0.15) is 5.56 Å². The van der Waals surface area contributed by atoms with E-state index in [1.807, 2.05) is 0 Å². The quantitative estimate of drug-likeness (QED) is 0.793. The van der Waals surface area contributed by atoms with Crippen LogP contribution in [0.3, 0.4) is 0 Å². The summed E-state index contributed by atoms with van der Waals surface area (Å²) in [6, 6.07) is 9.89. The Kier molecular flexibility index (Phi) is 6.14. The molecule has 0 spiro atoms. The number of methoxy groups -OCH3 is 1. The highest BCUT2D eigenvalue weighted by molar-refractivity contribution is 7.92. The Morgan fingerprint density at radius 2 is 1.73 bits per heavy atom. The van der Waals surface area contributed by atoms with E-state index in [1.165, 1.54) is 7.11 Å². The molecule has 6 nitrogen and oxygen atoms in total. The lowest BCUT2D eigenvalue weighted by molar-refractivity contribution is -0.119. The van der Waals surface area contributed by atoms with Gasteiger partial charge in [0.2, 0.25) is 15.9 Å². The third-order valence-corrected chi connectivity index (χ3v) is 4.66. The molecule has 0 aliphatic carbocycles. The Bertz CT molecular complexity index is 883. The highest BCUT2D eigenvalue weighted by Gasteiger charge is 2.26. The van der Waals surface area contributed by atoms with E-state index in [2.05, 4.69) is 5.32 Å². The van der Waals surface area contributed by atoms with Crippen LogP contribution in [0.2, 0.25) is 0 Å². The second-order valence-corrected chi connectivity index (χ2v) is 7.34. The van der Waals surface area contributed by atoms with Crippen LogP contribution in [0, 0.1) is 11.6 Å². The normalized spacial score (nSPS) is 11.1. The average Bonchev–Trinajstić information content (AvgIpc) is 2.58. The molecule has 2 aromatic carbocycles. The monoisotopic (exact) mass is 384 g/mol. The summed E-state index contributed by atoms with van der Waals surface area (Å²) in [7, 11) is -2.61. The van der Waals surface area contributed by atoms with Gasteiger partial charge in [-0.25, -0.2) is 17.2 Å². The van der Waals surface area contributed by atoms with Crippen molar-refractivity contribution in [3.63, 3.8) is 0 Å². The molecule has 140 valence electrons. The van der Waals surface area contributed by atoms with Gasteiger partial charge in [-0.15, -0.1) is 0 Å². The zero-order valence-corrected chi connectivity index (χ0v) is 15.0. The van der Waals surface area contributed by atoms with Crippen molar-refractivity contribution in [2.45, 2.75) is 6.54 Å². The maximum atomic E-state index is 13.9. The first-order chi connectivity index (χ1) is 12.2.